The molecular formula is C13H23N5O2. The highest BCUT2D eigenvalue weighted by Gasteiger charge is 2.52. The summed E-state index contributed by atoms with van der Waals surface area (Å²) in [5.74, 6) is -0.0745. The van der Waals surface area contributed by atoms with Gasteiger partial charge in [-0.05, 0) is 32.9 Å². The SMILES string of the molecule is CN1CCCC2(C1)NC(=O)N(CN1CCC(N)C1)C2=O. The normalized spacial score (nSPS) is 36.1. The van der Waals surface area contributed by atoms with Crippen LogP contribution in [-0.4, -0.2) is 78.1 Å². The lowest BCUT2D eigenvalue weighted by atomic mass is 9.89. The summed E-state index contributed by atoms with van der Waals surface area (Å²) in [4.78, 5) is 30.4. The summed E-state index contributed by atoms with van der Waals surface area (Å²) in [6.45, 7) is 3.55. The van der Waals surface area contributed by atoms with Gasteiger partial charge in [0.1, 0.15) is 5.54 Å². The van der Waals surface area contributed by atoms with Crippen molar-refractivity contribution in [2.75, 3.05) is 39.9 Å². The van der Waals surface area contributed by atoms with E-state index < -0.39 is 5.54 Å². The Hall–Kier alpha value is -1.18. The zero-order valence-electron chi connectivity index (χ0n) is 12.0. The number of hydrogen-bond acceptors (Lipinski definition) is 5. The molecule has 0 aromatic heterocycles. The summed E-state index contributed by atoms with van der Waals surface area (Å²) in [5, 5.41) is 2.92. The summed E-state index contributed by atoms with van der Waals surface area (Å²) in [6, 6.07) is -0.101. The third-order valence-electron chi connectivity index (χ3n) is 4.58. The van der Waals surface area contributed by atoms with Crippen LogP contribution in [0.3, 0.4) is 0 Å². The second-order valence-corrected chi connectivity index (χ2v) is 6.35. The van der Waals surface area contributed by atoms with E-state index in [1.807, 2.05) is 7.05 Å². The molecule has 0 aromatic carbocycles. The number of nitrogens with one attached hydrogen (secondary N) is 1. The molecule has 3 rings (SSSR count). The van der Waals surface area contributed by atoms with Crippen molar-refractivity contribution < 1.29 is 9.59 Å². The number of likely N-dealkylation sites (N-methyl/N-ethyl adjacent to an activating group) is 1. The molecule has 3 N–H and O–H groups in total. The second-order valence-electron chi connectivity index (χ2n) is 6.35. The molecule has 20 heavy (non-hydrogen) atoms. The van der Waals surface area contributed by atoms with E-state index in [4.69, 9.17) is 5.73 Å². The summed E-state index contributed by atoms with van der Waals surface area (Å²) in [5.41, 5.74) is 5.17. The molecule has 3 amide bonds. The van der Waals surface area contributed by atoms with Gasteiger partial charge in [0, 0.05) is 25.7 Å². The van der Waals surface area contributed by atoms with E-state index in [2.05, 4.69) is 15.1 Å². The van der Waals surface area contributed by atoms with Gasteiger partial charge in [0.2, 0.25) is 0 Å². The Morgan fingerprint density at radius 2 is 2.20 bits per heavy atom. The monoisotopic (exact) mass is 281 g/mol. The van der Waals surface area contributed by atoms with Crippen LogP contribution in [0.5, 0.6) is 0 Å². The average molecular weight is 281 g/mol. The van der Waals surface area contributed by atoms with Gasteiger partial charge >= 0.3 is 6.03 Å². The van der Waals surface area contributed by atoms with Crippen molar-refractivity contribution in [3.63, 3.8) is 0 Å². The number of nitrogens with zero attached hydrogens (tertiary/aromatic N) is 3. The van der Waals surface area contributed by atoms with Gasteiger partial charge in [-0.3, -0.25) is 9.69 Å². The van der Waals surface area contributed by atoms with E-state index in [9.17, 15) is 9.59 Å². The predicted molar refractivity (Wildman–Crippen MR) is 73.9 cm³/mol. The number of hydrogen-bond donors (Lipinski definition) is 2. The summed E-state index contributed by atoms with van der Waals surface area (Å²) < 4.78 is 0. The Kier molecular flexibility index (Phi) is 3.43. The Bertz CT molecular complexity index is 429. The maximum Gasteiger partial charge on any atom is 0.326 e. The van der Waals surface area contributed by atoms with Gasteiger partial charge in [0.05, 0.1) is 6.67 Å². The molecule has 1 spiro atoms. The number of rotatable bonds is 2. The minimum absolute atomic E-state index is 0.0745. The van der Waals surface area contributed by atoms with Crippen LogP contribution in [0.1, 0.15) is 19.3 Å². The first-order chi connectivity index (χ1) is 9.50. The number of nitrogens with two attached hydrogens (primary N) is 1. The van der Waals surface area contributed by atoms with Crippen LogP contribution in [0.4, 0.5) is 4.79 Å². The lowest BCUT2D eigenvalue weighted by Crippen LogP contribution is -2.57. The maximum absolute atomic E-state index is 12.7. The van der Waals surface area contributed by atoms with Crippen LogP contribution in [0.25, 0.3) is 0 Å². The Balaban J connectivity index is 1.70. The first kappa shape index (κ1) is 13.8. The molecule has 7 nitrogen and oxygen atoms in total. The molecule has 3 heterocycles. The van der Waals surface area contributed by atoms with Crippen molar-refractivity contribution in [2.45, 2.75) is 30.8 Å². The largest absolute Gasteiger partial charge is 0.326 e. The number of carbonyl (C=O) groups is 2. The van der Waals surface area contributed by atoms with Crippen molar-refractivity contribution in [1.29, 1.82) is 0 Å². The molecule has 0 aliphatic carbocycles. The molecule has 0 saturated carbocycles. The first-order valence-electron chi connectivity index (χ1n) is 7.31. The smallest absolute Gasteiger partial charge is 0.326 e. The summed E-state index contributed by atoms with van der Waals surface area (Å²) >= 11 is 0. The molecule has 0 radical (unpaired) electrons. The van der Waals surface area contributed by atoms with E-state index >= 15 is 0 Å². The van der Waals surface area contributed by atoms with Gasteiger partial charge in [-0.15, -0.1) is 0 Å². The first-order valence-corrected chi connectivity index (χ1v) is 7.31. The van der Waals surface area contributed by atoms with Crippen molar-refractivity contribution in [3.05, 3.63) is 0 Å². The van der Waals surface area contributed by atoms with Gasteiger partial charge in [-0.2, -0.15) is 0 Å². The topological polar surface area (TPSA) is 81.9 Å². The number of amides is 3. The van der Waals surface area contributed by atoms with Crippen LogP contribution in [0.2, 0.25) is 0 Å². The van der Waals surface area contributed by atoms with Gasteiger partial charge in [-0.1, -0.05) is 0 Å². The number of imide groups is 1. The van der Waals surface area contributed by atoms with Crippen LogP contribution in [0, 0.1) is 0 Å². The molecule has 112 valence electrons. The fourth-order valence-corrected chi connectivity index (χ4v) is 3.54. The molecule has 2 atom stereocenters. The minimum Gasteiger partial charge on any atom is -0.326 e. The number of piperidine rings is 1. The van der Waals surface area contributed by atoms with Crippen LogP contribution in [0.15, 0.2) is 0 Å². The van der Waals surface area contributed by atoms with Gasteiger partial charge < -0.3 is 16.0 Å². The van der Waals surface area contributed by atoms with E-state index in [0.29, 0.717) is 13.2 Å². The highest BCUT2D eigenvalue weighted by molar-refractivity contribution is 6.07. The van der Waals surface area contributed by atoms with Crippen molar-refractivity contribution in [2.24, 2.45) is 5.73 Å². The molecule has 0 bridgehead atoms. The molecule has 3 saturated heterocycles. The minimum atomic E-state index is -0.702. The number of carbonyl (C=O) groups excluding carboxylic acids is 2. The van der Waals surface area contributed by atoms with Crippen LogP contribution in [-0.2, 0) is 4.79 Å². The lowest BCUT2D eigenvalue weighted by molar-refractivity contribution is -0.134. The quantitative estimate of drug-likeness (QED) is 0.634. The van der Waals surface area contributed by atoms with Gasteiger partial charge in [0.15, 0.2) is 0 Å². The molecule has 3 fully saturated rings. The van der Waals surface area contributed by atoms with E-state index in [1.165, 1.54) is 4.90 Å². The molecule has 3 aliphatic rings. The van der Waals surface area contributed by atoms with E-state index in [0.717, 1.165) is 38.9 Å². The average Bonchev–Trinajstić information content (AvgIpc) is 2.88. The third kappa shape index (κ3) is 2.30. The predicted octanol–water partition coefficient (Wildman–Crippen LogP) is -1.01. The Morgan fingerprint density at radius 1 is 1.40 bits per heavy atom. The maximum atomic E-state index is 12.7. The Morgan fingerprint density at radius 3 is 2.85 bits per heavy atom. The van der Waals surface area contributed by atoms with Crippen molar-refractivity contribution >= 4 is 11.9 Å². The van der Waals surface area contributed by atoms with E-state index in [-0.39, 0.29) is 18.0 Å². The van der Waals surface area contributed by atoms with Crippen molar-refractivity contribution in [1.82, 2.24) is 20.0 Å². The zero-order chi connectivity index (χ0) is 14.3. The highest BCUT2D eigenvalue weighted by atomic mass is 16.2. The molecular weight excluding hydrogens is 258 g/mol. The standard InChI is InChI=1S/C13H23N5O2/c1-16-5-2-4-13(8-16)11(19)18(12(20)15-13)9-17-6-3-10(14)7-17/h10H,2-9,14H2,1H3,(H,15,20). The zero-order valence-corrected chi connectivity index (χ0v) is 12.0. The molecule has 2 unspecified atom stereocenters. The van der Waals surface area contributed by atoms with Gasteiger partial charge in [0.25, 0.3) is 5.91 Å². The number of urea groups is 1. The number of likely N-dealkylation sites (tertiary alicyclic amines) is 2. The lowest BCUT2D eigenvalue weighted by Gasteiger charge is -2.36. The second kappa shape index (κ2) is 4.98. The molecule has 3 aliphatic heterocycles. The van der Waals surface area contributed by atoms with Crippen LogP contribution < -0.4 is 11.1 Å². The van der Waals surface area contributed by atoms with E-state index in [1.54, 1.807) is 0 Å². The van der Waals surface area contributed by atoms with Gasteiger partial charge in [-0.25, -0.2) is 9.69 Å². The molecule has 7 heteroatoms. The third-order valence-corrected chi connectivity index (χ3v) is 4.58. The summed E-state index contributed by atoms with van der Waals surface area (Å²) in [7, 11) is 1.99. The van der Waals surface area contributed by atoms with Crippen molar-refractivity contribution in [3.8, 4) is 0 Å². The highest BCUT2D eigenvalue weighted by Crippen LogP contribution is 2.28. The summed E-state index contributed by atoms with van der Waals surface area (Å²) in [6.07, 6.45) is 2.60. The molecule has 0 aromatic rings. The fraction of sp³-hybridized carbons (Fsp3) is 0.846. The fourth-order valence-electron chi connectivity index (χ4n) is 3.54. The Labute approximate surface area is 119 Å². The van der Waals surface area contributed by atoms with Crippen LogP contribution >= 0.6 is 0 Å².